The van der Waals surface area contributed by atoms with E-state index >= 15 is 0 Å². The van der Waals surface area contributed by atoms with E-state index in [-0.39, 0.29) is 31.2 Å². The van der Waals surface area contributed by atoms with E-state index in [1.165, 1.54) is 25.5 Å². The molecule has 0 aromatic carbocycles. The maximum atomic E-state index is 14.8. The summed E-state index contributed by atoms with van der Waals surface area (Å²) in [5.41, 5.74) is -9.83. The van der Waals surface area contributed by atoms with Crippen LogP contribution in [0.3, 0.4) is 0 Å². The van der Waals surface area contributed by atoms with Crippen molar-refractivity contribution in [2.75, 3.05) is 7.11 Å². The first-order chi connectivity index (χ1) is 17.1. The number of ether oxygens (including phenoxy) is 3. The highest BCUT2D eigenvalue weighted by molar-refractivity contribution is 6.17. The van der Waals surface area contributed by atoms with Crippen molar-refractivity contribution in [1.29, 1.82) is 0 Å². The summed E-state index contributed by atoms with van der Waals surface area (Å²) >= 11 is 0. The zero-order valence-corrected chi connectivity index (χ0v) is 21.8. The van der Waals surface area contributed by atoms with Gasteiger partial charge in [-0.3, -0.25) is 19.2 Å². The molecule has 2 saturated heterocycles. The minimum atomic E-state index is -2.88. The van der Waals surface area contributed by atoms with Gasteiger partial charge in [0.2, 0.25) is 5.60 Å². The molecule has 0 bridgehead atoms. The molecule has 1 aromatic rings. The summed E-state index contributed by atoms with van der Waals surface area (Å²) in [6.45, 7) is 8.13. The molecule has 37 heavy (non-hydrogen) atoms. The number of cyclic esters (lactones) is 1. The number of aliphatic hydroxyl groups is 1. The van der Waals surface area contributed by atoms with E-state index in [0.717, 1.165) is 7.11 Å². The van der Waals surface area contributed by atoms with Crippen LogP contribution in [0.25, 0.3) is 0 Å². The van der Waals surface area contributed by atoms with Crippen molar-refractivity contribution in [3.05, 3.63) is 24.2 Å². The molecule has 0 amide bonds. The molecule has 1 spiro atoms. The van der Waals surface area contributed by atoms with E-state index in [9.17, 15) is 29.1 Å². The molecule has 0 unspecified atom stereocenters. The predicted octanol–water partition coefficient (Wildman–Crippen LogP) is 2.41. The molecule has 1 aromatic heterocycles. The van der Waals surface area contributed by atoms with E-state index in [0.29, 0.717) is 0 Å². The van der Waals surface area contributed by atoms with Crippen molar-refractivity contribution in [3.63, 3.8) is 0 Å². The van der Waals surface area contributed by atoms with E-state index in [2.05, 4.69) is 0 Å². The fourth-order valence-electron chi connectivity index (χ4n) is 8.75. The summed E-state index contributed by atoms with van der Waals surface area (Å²) in [5.74, 6) is -5.41. The van der Waals surface area contributed by atoms with Gasteiger partial charge in [0.05, 0.1) is 42.6 Å². The van der Waals surface area contributed by atoms with Crippen molar-refractivity contribution in [2.45, 2.75) is 77.1 Å². The van der Waals surface area contributed by atoms with Gasteiger partial charge < -0.3 is 23.7 Å². The molecule has 0 radical (unpaired) electrons. The lowest BCUT2D eigenvalue weighted by Gasteiger charge is -2.54. The van der Waals surface area contributed by atoms with E-state index in [1.807, 2.05) is 0 Å². The van der Waals surface area contributed by atoms with Gasteiger partial charge in [0.25, 0.3) is 0 Å². The first-order valence-corrected chi connectivity index (χ1v) is 12.4. The van der Waals surface area contributed by atoms with Crippen LogP contribution in [0.5, 0.6) is 0 Å². The predicted molar refractivity (Wildman–Crippen MR) is 124 cm³/mol. The number of hydrogen-bond acceptors (Lipinski definition) is 10. The Labute approximate surface area is 214 Å². The van der Waals surface area contributed by atoms with E-state index in [4.69, 9.17) is 18.6 Å². The Morgan fingerprint density at radius 1 is 1.03 bits per heavy atom. The maximum absolute atomic E-state index is 14.8. The topological polar surface area (TPSA) is 146 Å². The minimum Gasteiger partial charge on any atom is -0.472 e. The zero-order valence-electron chi connectivity index (χ0n) is 21.8. The molecule has 4 aliphatic rings. The second kappa shape index (κ2) is 7.30. The summed E-state index contributed by atoms with van der Waals surface area (Å²) in [6.07, 6.45) is 2.22. The van der Waals surface area contributed by atoms with Crippen LogP contribution in [0.15, 0.2) is 23.0 Å². The Kier molecular flexibility index (Phi) is 5.06. The lowest BCUT2D eigenvalue weighted by molar-refractivity contribution is -0.217. The maximum Gasteiger partial charge on any atom is 0.346 e. The fourth-order valence-corrected chi connectivity index (χ4v) is 8.75. The van der Waals surface area contributed by atoms with Gasteiger partial charge in [-0.05, 0) is 52.5 Å². The standard InChI is InChI=1S/C27H32O10/c1-22(2)26-12-18(29)37-25(26,5)15-7-9-23(3,19(30)14-8-10-35-13-14)27(33,21(32)34-6)20(31)24(15,4)16(26)11-17(28)36-22/h8,10,13,15-16,33H,7,9,11-12H2,1-6H3/t15-,16+,23+,24-,25+,26-,27+/m1/s1. The van der Waals surface area contributed by atoms with E-state index < -0.39 is 74.4 Å². The summed E-state index contributed by atoms with van der Waals surface area (Å²) in [5, 5.41) is 12.2. The SMILES string of the molecule is COC(=O)[C@@]1(O)C(=O)[C@]2(C)[C@@H](CC[C@@]1(C)C(=O)c1ccoc1)[C@]1(C)OC(=O)C[C@]13[C@H]2CC(=O)OC3(C)C. The number of rotatable bonds is 3. The Balaban J connectivity index is 1.78. The summed E-state index contributed by atoms with van der Waals surface area (Å²) in [4.78, 5) is 67.6. The van der Waals surface area contributed by atoms with Gasteiger partial charge in [-0.15, -0.1) is 0 Å². The lowest BCUT2D eigenvalue weighted by Crippen LogP contribution is -2.67. The molecule has 10 heteroatoms. The Morgan fingerprint density at radius 3 is 2.30 bits per heavy atom. The average Bonchev–Trinajstić information content (AvgIpc) is 3.47. The molecule has 2 aliphatic heterocycles. The quantitative estimate of drug-likeness (QED) is 0.275. The number of carbonyl (C=O) groups is 5. The van der Waals surface area contributed by atoms with Crippen LogP contribution in [0, 0.1) is 28.1 Å². The summed E-state index contributed by atoms with van der Waals surface area (Å²) < 4.78 is 21.8. The Bertz CT molecular complexity index is 1230. The van der Waals surface area contributed by atoms with Crippen LogP contribution in [0.1, 0.15) is 70.7 Å². The number of fused-ring (bicyclic) bond motifs is 3. The smallest absolute Gasteiger partial charge is 0.346 e. The van der Waals surface area contributed by atoms with Gasteiger partial charge in [0.15, 0.2) is 11.6 Å². The van der Waals surface area contributed by atoms with Crippen molar-refractivity contribution in [2.24, 2.45) is 28.1 Å². The van der Waals surface area contributed by atoms with Gasteiger partial charge >= 0.3 is 17.9 Å². The number of ketones is 2. The third-order valence-corrected chi connectivity index (χ3v) is 10.5. The van der Waals surface area contributed by atoms with Crippen LogP contribution in [0.2, 0.25) is 0 Å². The van der Waals surface area contributed by atoms with Gasteiger partial charge in [0, 0.05) is 11.3 Å². The summed E-state index contributed by atoms with van der Waals surface area (Å²) in [6, 6.07) is 1.40. The zero-order chi connectivity index (χ0) is 27.4. The van der Waals surface area contributed by atoms with Gasteiger partial charge in [0.1, 0.15) is 17.5 Å². The highest BCUT2D eigenvalue weighted by Gasteiger charge is 2.86. The number of Topliss-reactive ketones (excluding diaryl/α,β-unsaturated/α-hetero) is 2. The molecular weight excluding hydrogens is 484 g/mol. The highest BCUT2D eigenvalue weighted by atomic mass is 16.6. The van der Waals surface area contributed by atoms with Crippen LogP contribution < -0.4 is 0 Å². The average molecular weight is 517 g/mol. The van der Waals surface area contributed by atoms with Gasteiger partial charge in [-0.2, -0.15) is 0 Å². The Morgan fingerprint density at radius 2 is 1.70 bits per heavy atom. The number of methoxy groups -OCH3 is 1. The largest absolute Gasteiger partial charge is 0.472 e. The normalized spacial score (nSPS) is 44.1. The third-order valence-electron chi connectivity index (χ3n) is 10.5. The first-order valence-electron chi connectivity index (χ1n) is 12.4. The van der Waals surface area contributed by atoms with Gasteiger partial charge in [-0.1, -0.05) is 6.92 Å². The molecule has 5 rings (SSSR count). The fraction of sp³-hybridized carbons (Fsp3) is 0.667. The van der Waals surface area contributed by atoms with Crippen molar-refractivity contribution >= 4 is 29.5 Å². The van der Waals surface area contributed by atoms with Crippen LogP contribution in [0.4, 0.5) is 0 Å². The number of hydrogen-bond donors (Lipinski definition) is 1. The molecule has 3 heterocycles. The molecule has 4 fully saturated rings. The lowest BCUT2D eigenvalue weighted by atomic mass is 9.53. The van der Waals surface area contributed by atoms with Crippen LogP contribution in [-0.4, -0.2) is 58.5 Å². The molecule has 2 aliphatic carbocycles. The first kappa shape index (κ1) is 25.6. The van der Waals surface area contributed by atoms with Crippen molar-refractivity contribution < 1.29 is 47.7 Å². The van der Waals surface area contributed by atoms with Crippen molar-refractivity contribution in [3.8, 4) is 0 Å². The highest BCUT2D eigenvalue weighted by Crippen LogP contribution is 2.77. The summed E-state index contributed by atoms with van der Waals surface area (Å²) in [7, 11) is 1.04. The minimum absolute atomic E-state index is 0.0876. The second-order valence-corrected chi connectivity index (χ2v) is 12.0. The number of carbonyl (C=O) groups excluding carboxylic acids is 5. The van der Waals surface area contributed by atoms with Crippen molar-refractivity contribution in [1.82, 2.24) is 0 Å². The van der Waals surface area contributed by atoms with E-state index in [1.54, 1.807) is 27.7 Å². The second-order valence-electron chi connectivity index (χ2n) is 12.0. The number of furan rings is 1. The molecule has 2 saturated carbocycles. The molecule has 10 nitrogen and oxygen atoms in total. The molecular formula is C27H32O10. The monoisotopic (exact) mass is 516 g/mol. The number of esters is 3. The van der Waals surface area contributed by atoms with Crippen LogP contribution >= 0.6 is 0 Å². The Hall–Kier alpha value is -3.01. The third kappa shape index (κ3) is 2.62. The molecule has 200 valence electrons. The molecule has 1 N–H and O–H groups in total. The van der Waals surface area contributed by atoms with Crippen LogP contribution in [-0.2, 0) is 33.4 Å². The molecule has 7 atom stereocenters. The van der Waals surface area contributed by atoms with Gasteiger partial charge in [-0.25, -0.2) is 4.79 Å².